The molecule has 26 heavy (non-hydrogen) atoms. The highest BCUT2D eigenvalue weighted by atomic mass is 16.1. The van der Waals surface area contributed by atoms with Crippen molar-refractivity contribution in [3.8, 4) is 0 Å². The summed E-state index contributed by atoms with van der Waals surface area (Å²) >= 11 is 0. The summed E-state index contributed by atoms with van der Waals surface area (Å²) in [7, 11) is 0. The third-order valence-corrected chi connectivity index (χ3v) is 4.93. The molecule has 0 spiro atoms. The average Bonchev–Trinajstić information content (AvgIpc) is 3.32. The Hall–Kier alpha value is -2.89. The first-order valence-electron chi connectivity index (χ1n) is 9.22. The normalized spacial score (nSPS) is 14.6. The third-order valence-electron chi connectivity index (χ3n) is 4.93. The van der Waals surface area contributed by atoms with Gasteiger partial charge in [-0.25, -0.2) is 9.97 Å². The van der Waals surface area contributed by atoms with E-state index >= 15 is 0 Å². The van der Waals surface area contributed by atoms with Gasteiger partial charge in [-0.15, -0.1) is 0 Å². The predicted molar refractivity (Wildman–Crippen MR) is 102 cm³/mol. The number of hydrogen-bond donors (Lipinski definition) is 3. The number of aromatic nitrogens is 3. The molecule has 2 aromatic heterocycles. The van der Waals surface area contributed by atoms with E-state index in [1.807, 2.05) is 18.3 Å². The number of fused-ring (bicyclic) bond motifs is 1. The number of carbonyl (C=O) groups excluding carboxylic acids is 1. The summed E-state index contributed by atoms with van der Waals surface area (Å²) < 4.78 is 0. The van der Waals surface area contributed by atoms with Crippen molar-refractivity contribution in [3.63, 3.8) is 0 Å². The number of para-hydroxylation sites is 1. The molecule has 1 aliphatic rings. The van der Waals surface area contributed by atoms with Crippen LogP contribution in [0.25, 0.3) is 10.9 Å². The monoisotopic (exact) mass is 349 g/mol. The number of nitrogens with one attached hydrogen (secondary N) is 3. The Morgan fingerprint density at radius 1 is 1.19 bits per heavy atom. The lowest BCUT2D eigenvalue weighted by molar-refractivity contribution is 0.0933. The van der Waals surface area contributed by atoms with Gasteiger partial charge in [0.25, 0.3) is 5.91 Å². The Bertz CT molecular complexity index is 898. The molecule has 0 bridgehead atoms. The molecule has 2 heterocycles. The first-order chi connectivity index (χ1) is 12.8. The number of aromatic amines is 1. The minimum absolute atomic E-state index is 0.112. The van der Waals surface area contributed by atoms with E-state index in [1.54, 1.807) is 12.3 Å². The van der Waals surface area contributed by atoms with E-state index in [9.17, 15) is 4.79 Å². The maximum absolute atomic E-state index is 12.3. The molecule has 6 heteroatoms. The topological polar surface area (TPSA) is 82.7 Å². The molecule has 3 N–H and O–H groups in total. The van der Waals surface area contributed by atoms with Crippen molar-refractivity contribution in [2.24, 2.45) is 0 Å². The highest BCUT2D eigenvalue weighted by Gasteiger charge is 2.18. The summed E-state index contributed by atoms with van der Waals surface area (Å²) in [6.45, 7) is 0.704. The van der Waals surface area contributed by atoms with Crippen LogP contribution in [0.3, 0.4) is 0 Å². The molecule has 0 radical (unpaired) electrons. The van der Waals surface area contributed by atoms with Crippen LogP contribution in [0.1, 0.15) is 41.7 Å². The van der Waals surface area contributed by atoms with Crippen LogP contribution in [0.2, 0.25) is 0 Å². The summed E-state index contributed by atoms with van der Waals surface area (Å²) in [6, 6.07) is 10.2. The highest BCUT2D eigenvalue weighted by Crippen LogP contribution is 2.19. The molecule has 6 nitrogen and oxygen atoms in total. The second-order valence-electron chi connectivity index (χ2n) is 6.76. The number of rotatable bonds is 6. The van der Waals surface area contributed by atoms with Gasteiger partial charge in [-0.05, 0) is 37.0 Å². The van der Waals surface area contributed by atoms with Crippen molar-refractivity contribution in [1.82, 2.24) is 20.3 Å². The molecule has 1 aliphatic carbocycles. The molecule has 134 valence electrons. The molecule has 0 saturated heterocycles. The minimum atomic E-state index is -0.112. The fourth-order valence-electron chi connectivity index (χ4n) is 3.55. The number of anilines is 1. The lowest BCUT2D eigenvalue weighted by atomic mass is 10.1. The molecule has 1 amide bonds. The van der Waals surface area contributed by atoms with E-state index < -0.39 is 0 Å². The van der Waals surface area contributed by atoms with E-state index in [0.29, 0.717) is 18.2 Å². The van der Waals surface area contributed by atoms with E-state index in [4.69, 9.17) is 0 Å². The first-order valence-corrected chi connectivity index (χ1v) is 9.22. The summed E-state index contributed by atoms with van der Waals surface area (Å²) in [5.41, 5.74) is 2.81. The van der Waals surface area contributed by atoms with Crippen LogP contribution in [-0.2, 0) is 6.42 Å². The molecule has 0 aliphatic heterocycles. The van der Waals surface area contributed by atoms with Crippen LogP contribution >= 0.6 is 0 Å². The zero-order chi connectivity index (χ0) is 17.8. The van der Waals surface area contributed by atoms with Crippen molar-refractivity contribution >= 4 is 22.8 Å². The standard InChI is InChI=1S/C20H23N5O/c26-19(24-15-5-1-2-6-15)18-10-12-22-20(25-18)21-11-9-14-13-23-17-8-4-3-7-16(14)17/h3-4,7-8,10,12-13,15,23H,1-2,5-6,9,11H2,(H,24,26)(H,21,22,25). The molecule has 1 fully saturated rings. The maximum atomic E-state index is 12.3. The van der Waals surface area contributed by atoms with Crippen molar-refractivity contribution in [2.45, 2.75) is 38.1 Å². The van der Waals surface area contributed by atoms with E-state index in [-0.39, 0.29) is 11.9 Å². The molecular weight excluding hydrogens is 326 g/mol. The Labute approximate surface area is 152 Å². The van der Waals surface area contributed by atoms with Crippen LogP contribution in [0.5, 0.6) is 0 Å². The van der Waals surface area contributed by atoms with Gasteiger partial charge >= 0.3 is 0 Å². The van der Waals surface area contributed by atoms with Crippen LogP contribution < -0.4 is 10.6 Å². The van der Waals surface area contributed by atoms with Gasteiger partial charge in [0.05, 0.1) is 0 Å². The van der Waals surface area contributed by atoms with Gasteiger partial charge < -0.3 is 15.6 Å². The van der Waals surface area contributed by atoms with Crippen molar-refractivity contribution in [3.05, 3.63) is 54.0 Å². The van der Waals surface area contributed by atoms with E-state index in [2.05, 4.69) is 37.7 Å². The first kappa shape index (κ1) is 16.6. The summed E-state index contributed by atoms with van der Waals surface area (Å²) in [5, 5.41) is 7.52. The Balaban J connectivity index is 1.35. The largest absolute Gasteiger partial charge is 0.361 e. The lowest BCUT2D eigenvalue weighted by Crippen LogP contribution is -2.33. The van der Waals surface area contributed by atoms with Gasteiger partial charge in [-0.1, -0.05) is 31.0 Å². The maximum Gasteiger partial charge on any atom is 0.270 e. The van der Waals surface area contributed by atoms with Crippen molar-refractivity contribution < 1.29 is 4.79 Å². The summed E-state index contributed by atoms with van der Waals surface area (Å²) in [5.74, 6) is 0.378. The number of carbonyl (C=O) groups is 1. The van der Waals surface area contributed by atoms with Gasteiger partial charge in [0.1, 0.15) is 5.69 Å². The average molecular weight is 349 g/mol. The van der Waals surface area contributed by atoms with E-state index in [1.165, 1.54) is 23.8 Å². The molecular formula is C20H23N5O. The second kappa shape index (κ2) is 7.56. The number of nitrogens with zero attached hydrogens (tertiary/aromatic N) is 2. The zero-order valence-electron chi connectivity index (χ0n) is 14.7. The molecule has 3 aromatic rings. The Morgan fingerprint density at radius 3 is 2.92 bits per heavy atom. The van der Waals surface area contributed by atoms with Gasteiger partial charge in [0.2, 0.25) is 5.95 Å². The predicted octanol–water partition coefficient (Wildman–Crippen LogP) is 3.28. The second-order valence-corrected chi connectivity index (χ2v) is 6.76. The molecule has 0 atom stereocenters. The van der Waals surface area contributed by atoms with Crippen LogP contribution in [0.4, 0.5) is 5.95 Å². The van der Waals surface area contributed by atoms with Crippen LogP contribution in [0, 0.1) is 0 Å². The highest BCUT2D eigenvalue weighted by molar-refractivity contribution is 5.92. The summed E-state index contributed by atoms with van der Waals surface area (Å²) in [4.78, 5) is 24.2. The number of amides is 1. The van der Waals surface area contributed by atoms with E-state index in [0.717, 1.165) is 24.8 Å². The lowest BCUT2D eigenvalue weighted by Gasteiger charge is -2.12. The Morgan fingerprint density at radius 2 is 2.04 bits per heavy atom. The minimum Gasteiger partial charge on any atom is -0.361 e. The number of hydrogen-bond acceptors (Lipinski definition) is 4. The van der Waals surface area contributed by atoms with Crippen molar-refractivity contribution in [1.29, 1.82) is 0 Å². The van der Waals surface area contributed by atoms with Crippen LogP contribution in [0.15, 0.2) is 42.7 Å². The van der Waals surface area contributed by atoms with Crippen LogP contribution in [-0.4, -0.2) is 33.4 Å². The number of benzene rings is 1. The SMILES string of the molecule is O=C(NC1CCCC1)c1ccnc(NCCc2c[nH]c3ccccc23)n1. The number of H-pyrrole nitrogens is 1. The fraction of sp³-hybridized carbons (Fsp3) is 0.350. The quantitative estimate of drug-likeness (QED) is 0.638. The zero-order valence-corrected chi connectivity index (χ0v) is 14.7. The van der Waals surface area contributed by atoms with Gasteiger partial charge in [0.15, 0.2) is 0 Å². The van der Waals surface area contributed by atoms with Gasteiger partial charge in [-0.2, -0.15) is 0 Å². The van der Waals surface area contributed by atoms with Crippen molar-refractivity contribution in [2.75, 3.05) is 11.9 Å². The molecule has 0 unspecified atom stereocenters. The van der Waals surface area contributed by atoms with Gasteiger partial charge in [0, 0.05) is 35.9 Å². The smallest absolute Gasteiger partial charge is 0.270 e. The molecule has 1 saturated carbocycles. The molecule has 1 aromatic carbocycles. The van der Waals surface area contributed by atoms with Gasteiger partial charge in [-0.3, -0.25) is 4.79 Å². The fourth-order valence-corrected chi connectivity index (χ4v) is 3.55. The summed E-state index contributed by atoms with van der Waals surface area (Å²) in [6.07, 6.45) is 9.03. The third kappa shape index (κ3) is 3.69. The molecule has 4 rings (SSSR count). The Kier molecular flexibility index (Phi) is 4.82.